The number of aryl methyl sites for hydroxylation is 2. The molecule has 0 saturated heterocycles. The minimum absolute atomic E-state index is 0.0453. The van der Waals surface area contributed by atoms with Gasteiger partial charge in [0.15, 0.2) is 0 Å². The number of carbonyl (C=O) groups excluding carboxylic acids is 2. The van der Waals surface area contributed by atoms with E-state index in [1.807, 2.05) is 6.07 Å². The third-order valence-electron chi connectivity index (χ3n) is 6.59. The van der Waals surface area contributed by atoms with Crippen LogP contribution in [-0.2, 0) is 6.18 Å². The zero-order valence-electron chi connectivity index (χ0n) is 21.6. The number of imidazole rings is 1. The fourth-order valence-corrected chi connectivity index (χ4v) is 4.58. The fraction of sp³-hybridized carbons (Fsp3) is 0.103. The number of hydrogen-bond donors (Lipinski definition) is 1. The van der Waals surface area contributed by atoms with Crippen molar-refractivity contribution in [1.82, 2.24) is 24.5 Å². The largest absolute Gasteiger partial charge is 0.416 e. The van der Waals surface area contributed by atoms with Crippen molar-refractivity contribution >= 4 is 29.1 Å². The number of alkyl halides is 3. The molecule has 1 aliphatic heterocycles. The standard InChI is InChI=1S/C29H20F3N7O2/c1-16-8-22-23(12-25(16)37-28-34-7-5-24(36-28)18-4-3-6-33-13-18)27(41)39(26(22)40)21-10-19(29(30,31)32)9-20(11-21)38-14-17(2)35-15-38/h3-15H,1-2H3,(H,34,36,37). The van der Waals surface area contributed by atoms with Crippen LogP contribution in [0.15, 0.2) is 79.6 Å². The molecule has 9 nitrogen and oxygen atoms in total. The van der Waals surface area contributed by atoms with Gasteiger partial charge in [0.25, 0.3) is 11.8 Å². The maximum Gasteiger partial charge on any atom is 0.416 e. The van der Waals surface area contributed by atoms with Crippen molar-refractivity contribution < 1.29 is 22.8 Å². The molecule has 3 aromatic heterocycles. The lowest BCUT2D eigenvalue weighted by Crippen LogP contribution is -2.29. The zero-order chi connectivity index (χ0) is 28.9. The lowest BCUT2D eigenvalue weighted by molar-refractivity contribution is -0.137. The van der Waals surface area contributed by atoms with Crippen LogP contribution in [0.25, 0.3) is 16.9 Å². The molecule has 0 saturated carbocycles. The highest BCUT2D eigenvalue weighted by Crippen LogP contribution is 2.38. The second kappa shape index (κ2) is 9.66. The molecule has 6 rings (SSSR count). The average molecular weight is 556 g/mol. The molecule has 204 valence electrons. The van der Waals surface area contributed by atoms with Gasteiger partial charge in [0.1, 0.15) is 0 Å². The minimum atomic E-state index is -4.71. The third-order valence-corrected chi connectivity index (χ3v) is 6.59. The van der Waals surface area contributed by atoms with Gasteiger partial charge in [-0.1, -0.05) is 0 Å². The van der Waals surface area contributed by atoms with Crippen LogP contribution in [0.4, 0.5) is 30.5 Å². The van der Waals surface area contributed by atoms with E-state index in [2.05, 4.69) is 25.3 Å². The Labute approximate surface area is 231 Å². The highest BCUT2D eigenvalue weighted by atomic mass is 19.4. The molecule has 5 aromatic rings. The second-order valence-corrected chi connectivity index (χ2v) is 9.45. The van der Waals surface area contributed by atoms with E-state index in [0.29, 0.717) is 22.6 Å². The van der Waals surface area contributed by atoms with E-state index < -0.39 is 23.6 Å². The molecule has 0 radical (unpaired) electrons. The van der Waals surface area contributed by atoms with Crippen LogP contribution in [0.3, 0.4) is 0 Å². The molecule has 0 fully saturated rings. The Morgan fingerprint density at radius 2 is 1.63 bits per heavy atom. The molecule has 0 unspecified atom stereocenters. The number of benzene rings is 2. The molecular weight excluding hydrogens is 535 g/mol. The molecule has 0 bridgehead atoms. The Morgan fingerprint density at radius 3 is 2.32 bits per heavy atom. The number of halogens is 3. The van der Waals surface area contributed by atoms with E-state index in [9.17, 15) is 22.8 Å². The lowest BCUT2D eigenvalue weighted by atomic mass is 10.0. The van der Waals surface area contributed by atoms with E-state index in [1.165, 1.54) is 29.1 Å². The van der Waals surface area contributed by atoms with E-state index in [4.69, 9.17) is 0 Å². The third kappa shape index (κ3) is 4.80. The van der Waals surface area contributed by atoms with E-state index in [-0.39, 0.29) is 28.5 Å². The van der Waals surface area contributed by atoms with Gasteiger partial charge in [-0.25, -0.2) is 19.9 Å². The van der Waals surface area contributed by atoms with Crippen molar-refractivity contribution in [3.63, 3.8) is 0 Å². The summed E-state index contributed by atoms with van der Waals surface area (Å²) >= 11 is 0. The minimum Gasteiger partial charge on any atom is -0.324 e. The maximum absolute atomic E-state index is 13.8. The van der Waals surface area contributed by atoms with Crippen molar-refractivity contribution in [3.8, 4) is 16.9 Å². The smallest absolute Gasteiger partial charge is 0.324 e. The van der Waals surface area contributed by atoms with Gasteiger partial charge >= 0.3 is 6.18 Å². The van der Waals surface area contributed by atoms with Crippen LogP contribution in [-0.4, -0.2) is 36.3 Å². The Balaban J connectivity index is 1.36. The molecule has 12 heteroatoms. The number of imide groups is 1. The maximum atomic E-state index is 13.8. The summed E-state index contributed by atoms with van der Waals surface area (Å²) in [6.45, 7) is 3.43. The second-order valence-electron chi connectivity index (χ2n) is 9.45. The van der Waals surface area contributed by atoms with Crippen LogP contribution in [0, 0.1) is 13.8 Å². The van der Waals surface area contributed by atoms with Crippen molar-refractivity contribution in [3.05, 3.63) is 108 Å². The number of fused-ring (bicyclic) bond motifs is 1. The lowest BCUT2D eigenvalue weighted by Gasteiger charge is -2.18. The number of carbonyl (C=O) groups is 2. The van der Waals surface area contributed by atoms with E-state index in [1.54, 1.807) is 50.8 Å². The first kappa shape index (κ1) is 25.9. The van der Waals surface area contributed by atoms with Crippen LogP contribution in [0.5, 0.6) is 0 Å². The first-order valence-electron chi connectivity index (χ1n) is 12.4. The summed E-state index contributed by atoms with van der Waals surface area (Å²) in [5, 5.41) is 3.08. The highest BCUT2D eigenvalue weighted by molar-refractivity contribution is 6.34. The van der Waals surface area contributed by atoms with Gasteiger partial charge in [-0.2, -0.15) is 13.2 Å². The van der Waals surface area contributed by atoms with Crippen LogP contribution in [0.2, 0.25) is 0 Å². The summed E-state index contributed by atoms with van der Waals surface area (Å²) in [4.78, 5) is 44.6. The fourth-order valence-electron chi connectivity index (χ4n) is 4.58. The molecule has 0 spiro atoms. The zero-order valence-corrected chi connectivity index (χ0v) is 21.6. The highest BCUT2D eigenvalue weighted by Gasteiger charge is 2.39. The van der Waals surface area contributed by atoms with Crippen molar-refractivity contribution in [2.75, 3.05) is 10.2 Å². The summed E-state index contributed by atoms with van der Waals surface area (Å²) < 4.78 is 42.9. The number of rotatable bonds is 5. The topological polar surface area (TPSA) is 106 Å². The number of amides is 2. The van der Waals surface area contributed by atoms with Gasteiger partial charge in [-0.05, 0) is 67.9 Å². The van der Waals surface area contributed by atoms with Crippen LogP contribution >= 0.6 is 0 Å². The molecule has 0 aliphatic carbocycles. The van der Waals surface area contributed by atoms with Crippen LogP contribution in [0.1, 0.15) is 37.5 Å². The molecule has 1 aliphatic rings. The number of pyridine rings is 1. The predicted molar refractivity (Wildman–Crippen MR) is 144 cm³/mol. The predicted octanol–water partition coefficient (Wildman–Crippen LogP) is 5.90. The van der Waals surface area contributed by atoms with E-state index in [0.717, 1.165) is 22.6 Å². The summed E-state index contributed by atoms with van der Waals surface area (Å²) in [7, 11) is 0. The summed E-state index contributed by atoms with van der Waals surface area (Å²) in [6, 6.07) is 11.5. The normalized spacial score (nSPS) is 13.0. The van der Waals surface area contributed by atoms with Crippen molar-refractivity contribution in [1.29, 1.82) is 0 Å². The number of hydrogen-bond acceptors (Lipinski definition) is 7. The summed E-state index contributed by atoms with van der Waals surface area (Å²) in [6.07, 6.45) is 3.09. The number of anilines is 3. The Morgan fingerprint density at radius 1 is 0.878 bits per heavy atom. The van der Waals surface area contributed by atoms with Crippen molar-refractivity contribution in [2.24, 2.45) is 0 Å². The number of nitrogens with one attached hydrogen (secondary N) is 1. The number of nitrogens with zero attached hydrogens (tertiary/aromatic N) is 6. The monoisotopic (exact) mass is 555 g/mol. The van der Waals surface area contributed by atoms with Crippen LogP contribution < -0.4 is 10.2 Å². The molecule has 0 atom stereocenters. The Bertz CT molecular complexity index is 1830. The molecule has 1 N–H and O–H groups in total. The van der Waals surface area contributed by atoms with Gasteiger partial charge in [0.2, 0.25) is 5.95 Å². The Kier molecular flexibility index (Phi) is 6.10. The quantitative estimate of drug-likeness (QED) is 0.269. The summed E-state index contributed by atoms with van der Waals surface area (Å²) in [5.74, 6) is -1.21. The number of aromatic nitrogens is 5. The first-order valence-corrected chi connectivity index (χ1v) is 12.4. The van der Waals surface area contributed by atoms with E-state index >= 15 is 0 Å². The molecule has 4 heterocycles. The average Bonchev–Trinajstić information content (AvgIpc) is 3.49. The van der Waals surface area contributed by atoms with Gasteiger partial charge < -0.3 is 9.88 Å². The SMILES string of the molecule is Cc1cn(-c2cc(N3C(=O)c4cc(C)c(Nc5nccc(-c6cccnc6)n5)cc4C3=O)cc(C(F)(F)F)c2)cn1. The van der Waals surface area contributed by atoms with Gasteiger partial charge in [-0.3, -0.25) is 14.6 Å². The van der Waals surface area contributed by atoms with Crippen molar-refractivity contribution in [2.45, 2.75) is 20.0 Å². The molecule has 2 amide bonds. The molecule has 41 heavy (non-hydrogen) atoms. The Hall–Kier alpha value is -5.39. The van der Waals surface area contributed by atoms with Gasteiger partial charge in [-0.15, -0.1) is 0 Å². The molecular formula is C29H20F3N7O2. The first-order chi connectivity index (χ1) is 19.6. The van der Waals surface area contributed by atoms with Gasteiger partial charge in [0.05, 0.1) is 40.1 Å². The van der Waals surface area contributed by atoms with Gasteiger partial charge in [0, 0.05) is 41.7 Å². The molecule has 2 aromatic carbocycles. The summed E-state index contributed by atoms with van der Waals surface area (Å²) in [5.41, 5.74) is 2.11.